The van der Waals surface area contributed by atoms with Crippen molar-refractivity contribution in [3.63, 3.8) is 0 Å². The zero-order valence-corrected chi connectivity index (χ0v) is 15.1. The zero-order valence-electron chi connectivity index (χ0n) is 14.4. The molecule has 0 spiro atoms. The Morgan fingerprint density at radius 3 is 2.28 bits per heavy atom. The highest BCUT2D eigenvalue weighted by Gasteiger charge is 2.08. The van der Waals surface area contributed by atoms with Crippen LogP contribution < -0.4 is 5.56 Å². The van der Waals surface area contributed by atoms with Gasteiger partial charge >= 0.3 is 0 Å². The van der Waals surface area contributed by atoms with Gasteiger partial charge in [-0.15, -0.1) is 0 Å². The molecule has 0 aliphatic carbocycles. The molecule has 0 saturated carbocycles. The number of pyridine rings is 2. The third-order valence-corrected chi connectivity index (χ3v) is 3.31. The van der Waals surface area contributed by atoms with E-state index in [2.05, 4.69) is 28.2 Å². The molecule has 0 fully saturated rings. The summed E-state index contributed by atoms with van der Waals surface area (Å²) in [6.07, 6.45) is 1.000. The third kappa shape index (κ3) is 6.50. The third-order valence-electron chi connectivity index (χ3n) is 3.00. The molecule has 2 heterocycles. The van der Waals surface area contributed by atoms with Gasteiger partial charge in [0, 0.05) is 47.2 Å². The van der Waals surface area contributed by atoms with Crippen molar-refractivity contribution in [1.82, 2.24) is 9.55 Å². The van der Waals surface area contributed by atoms with E-state index in [9.17, 15) is 4.79 Å². The van der Waals surface area contributed by atoms with Crippen LogP contribution in [-0.2, 0) is 6.54 Å². The second-order valence-corrected chi connectivity index (χ2v) is 5.26. The molecule has 25 heavy (non-hydrogen) atoms. The Hall–Kier alpha value is -1.87. The number of nitrogens with zero attached hydrogens (tertiary/aromatic N) is 2. The largest absolute Gasteiger partial charge is 0.288 e. The summed E-state index contributed by atoms with van der Waals surface area (Å²) in [4.78, 5) is 16.4. The fourth-order valence-corrected chi connectivity index (χ4v) is 2.33. The molecule has 6 radical (unpaired) electrons. The molecule has 3 aromatic rings. The van der Waals surface area contributed by atoms with Crippen LogP contribution in [0.3, 0.4) is 0 Å². The fraction of sp³-hybridized carbons (Fsp3) is 0.176. The van der Waals surface area contributed by atoms with Crippen molar-refractivity contribution in [1.29, 1.82) is 0 Å². The predicted molar refractivity (Wildman–Crippen MR) is 111 cm³/mol. The van der Waals surface area contributed by atoms with E-state index in [1.807, 2.05) is 56.3 Å². The van der Waals surface area contributed by atoms with Crippen molar-refractivity contribution in [2.24, 2.45) is 0 Å². The summed E-state index contributed by atoms with van der Waals surface area (Å²) < 4.78 is 1.64. The molecule has 0 bridgehead atoms. The maximum absolute atomic E-state index is 12.1. The van der Waals surface area contributed by atoms with Gasteiger partial charge < -0.3 is 0 Å². The van der Waals surface area contributed by atoms with Crippen molar-refractivity contribution < 1.29 is 0 Å². The van der Waals surface area contributed by atoms with E-state index in [4.69, 9.17) is 11.6 Å². The first-order chi connectivity index (χ1) is 12.0. The molecule has 0 aliphatic rings. The Balaban J connectivity index is 0.000000461. The average Bonchev–Trinajstić information content (AvgIpc) is 2.61. The smallest absolute Gasteiger partial charge is 0.253 e. The molecule has 3 nitrogen and oxygen atoms in total. The maximum atomic E-state index is 12.1. The van der Waals surface area contributed by atoms with Crippen LogP contribution in [0.4, 0.5) is 0 Å². The minimum absolute atomic E-state index is 0.139. The van der Waals surface area contributed by atoms with Gasteiger partial charge in [0.25, 0.3) is 5.56 Å². The second-order valence-electron chi connectivity index (χ2n) is 4.85. The minimum Gasteiger partial charge on any atom is -0.288 e. The first kappa shape index (κ1) is 21.2. The molecule has 0 amide bonds. The molecular formula is C17H17B4ClN2O. The van der Waals surface area contributed by atoms with Gasteiger partial charge in [0.2, 0.25) is 0 Å². The summed E-state index contributed by atoms with van der Waals surface area (Å²) in [7, 11) is 14.0. The molecule has 8 heteroatoms. The number of halogens is 1. The summed E-state index contributed by atoms with van der Waals surface area (Å²) in [5, 5.41) is 1.23. The maximum Gasteiger partial charge on any atom is 0.253 e. The van der Waals surface area contributed by atoms with Crippen molar-refractivity contribution >= 4 is 52.2 Å². The first-order valence-corrected chi connectivity index (χ1v) is 8.31. The first-order valence-electron chi connectivity index (χ1n) is 7.94. The minimum atomic E-state index is -0.667. The van der Waals surface area contributed by atoms with Gasteiger partial charge in [-0.25, -0.2) is 4.98 Å². The van der Waals surface area contributed by atoms with E-state index in [0.29, 0.717) is 17.2 Å². The Labute approximate surface area is 158 Å². The highest BCUT2D eigenvalue weighted by atomic mass is 35.5. The Kier molecular flexibility index (Phi) is 9.22. The molecule has 0 unspecified atom stereocenters. The van der Waals surface area contributed by atoms with Crippen LogP contribution in [0.1, 0.15) is 19.4 Å². The van der Waals surface area contributed by atoms with Crippen LogP contribution >= 0.6 is 11.6 Å². The van der Waals surface area contributed by atoms with E-state index in [0.717, 1.165) is 10.9 Å². The topological polar surface area (TPSA) is 34.9 Å². The number of benzene rings is 1. The van der Waals surface area contributed by atoms with Crippen molar-refractivity contribution in [3.8, 4) is 0 Å². The monoisotopic (exact) mass is 344 g/mol. The molecule has 3 rings (SSSR count). The molecule has 0 aliphatic heterocycles. The van der Waals surface area contributed by atoms with E-state index in [-0.39, 0.29) is 5.56 Å². The summed E-state index contributed by atoms with van der Waals surface area (Å²) in [6.45, 7) is 4.49. The van der Waals surface area contributed by atoms with Gasteiger partial charge in [-0.2, -0.15) is 0 Å². The van der Waals surface area contributed by atoms with Crippen LogP contribution in [0.5, 0.6) is 0 Å². The van der Waals surface area contributed by atoms with Crippen LogP contribution in [0, 0.1) is 0 Å². The van der Waals surface area contributed by atoms with Gasteiger partial charge in [0.05, 0.1) is 11.6 Å². The normalized spacial score (nSPS) is 9.40. The molecule has 1 aromatic carbocycles. The van der Waals surface area contributed by atoms with E-state index in [1.54, 1.807) is 10.8 Å². The van der Waals surface area contributed by atoms with Crippen LogP contribution in [0.25, 0.3) is 11.0 Å². The van der Waals surface area contributed by atoms with Crippen molar-refractivity contribution in [2.45, 2.75) is 20.4 Å². The highest BCUT2D eigenvalue weighted by Crippen LogP contribution is 2.19. The second kappa shape index (κ2) is 10.9. The Morgan fingerprint density at radius 1 is 1.08 bits per heavy atom. The van der Waals surface area contributed by atoms with Gasteiger partial charge in [-0.05, 0) is 17.7 Å². The highest BCUT2D eigenvalue weighted by molar-refractivity contribution is 7.49. The van der Waals surface area contributed by atoms with Crippen LogP contribution in [0.15, 0.2) is 59.5 Å². The Bertz CT molecular complexity index is 838. The lowest BCUT2D eigenvalue weighted by atomic mass is 9.08. The molecule has 0 saturated heterocycles. The predicted octanol–water partition coefficient (Wildman–Crippen LogP) is 2.60. The van der Waals surface area contributed by atoms with Crippen LogP contribution in [0.2, 0.25) is 5.02 Å². The summed E-state index contributed by atoms with van der Waals surface area (Å²) >= 11 is 6.08. The van der Waals surface area contributed by atoms with E-state index < -0.39 is 6.39 Å². The van der Waals surface area contributed by atoms with Gasteiger partial charge in [-0.3, -0.25) is 9.36 Å². The quantitative estimate of drug-likeness (QED) is 0.670. The zero-order chi connectivity index (χ0) is 18.8. The number of rotatable bonds is 2. The van der Waals surface area contributed by atoms with Gasteiger partial charge in [0.15, 0.2) is 0 Å². The van der Waals surface area contributed by atoms with Crippen molar-refractivity contribution in [3.05, 3.63) is 75.7 Å². The average molecular weight is 344 g/mol. The number of fused-ring (bicyclic) bond motifs is 1. The molecule has 0 atom stereocenters. The molecule has 120 valence electrons. The van der Waals surface area contributed by atoms with Crippen LogP contribution in [-0.4, -0.2) is 39.1 Å². The lowest BCUT2D eigenvalue weighted by Gasteiger charge is -2.10. The lowest BCUT2D eigenvalue weighted by Crippen LogP contribution is -2.21. The van der Waals surface area contributed by atoms with E-state index in [1.165, 1.54) is 6.07 Å². The SMILES string of the molecule is CC.O=c1cc(Cl)c2cccnc2n1Cc1ccccc1.[B]B([B])[B]. The summed E-state index contributed by atoms with van der Waals surface area (Å²) in [5.41, 5.74) is 1.53. The number of hydrogen-bond acceptors (Lipinski definition) is 2. The van der Waals surface area contributed by atoms with E-state index >= 15 is 0 Å². The summed E-state index contributed by atoms with van der Waals surface area (Å²) in [5.74, 6) is 0. The summed E-state index contributed by atoms with van der Waals surface area (Å²) in [6, 6.07) is 14.9. The molecular weight excluding hydrogens is 327 g/mol. The number of aromatic nitrogens is 2. The molecule has 0 N–H and O–H groups in total. The fourth-order valence-electron chi connectivity index (χ4n) is 2.09. The molecule has 2 aromatic heterocycles. The Morgan fingerprint density at radius 2 is 1.68 bits per heavy atom. The van der Waals surface area contributed by atoms with Gasteiger partial charge in [-0.1, -0.05) is 55.8 Å². The standard InChI is InChI=1S/C15H11ClN2O.C2H6.B4/c16-13-9-14(19)18(10-11-5-2-1-3-6-11)15-12(13)7-4-8-17-15;1-2;1-4(2)3/h1-9H,10H2;1-2H3;. The van der Waals surface area contributed by atoms with Gasteiger partial charge in [0.1, 0.15) is 5.65 Å². The number of hydrogen-bond donors (Lipinski definition) is 0. The lowest BCUT2D eigenvalue weighted by molar-refractivity contribution is 0.783. The van der Waals surface area contributed by atoms with Crippen molar-refractivity contribution in [2.75, 3.05) is 0 Å².